The number of thiophene rings is 1. The van der Waals surface area contributed by atoms with E-state index < -0.39 is 0 Å². The number of carbonyl (C=O) groups excluding carboxylic acids is 1. The molecular weight excluding hydrogens is 294 g/mol. The molecule has 0 aromatic carbocycles. The number of amides is 1. The second kappa shape index (κ2) is 11.5. The number of alkyl carbamates (subject to hydrolysis) is 1. The first-order chi connectivity index (χ1) is 10.6. The lowest BCUT2D eigenvalue weighted by atomic mass is 10.1. The Kier molecular flexibility index (Phi) is 9.96. The zero-order chi connectivity index (χ0) is 16.2. The maximum Gasteiger partial charge on any atom is 0.407 e. The number of unbranched alkanes of at least 4 members (excludes halogenated alkanes) is 6. The lowest BCUT2D eigenvalue weighted by Gasteiger charge is -2.07. The van der Waals surface area contributed by atoms with Gasteiger partial charge in [-0.05, 0) is 31.9 Å². The third-order valence-corrected chi connectivity index (χ3v) is 4.81. The van der Waals surface area contributed by atoms with Crippen LogP contribution in [0.2, 0.25) is 0 Å². The molecule has 0 aliphatic heterocycles. The van der Waals surface area contributed by atoms with Crippen molar-refractivity contribution in [3.05, 3.63) is 21.4 Å². The SMILES string of the molecule is CCCCCCCCCNC(=O)OCCc1cc(C)sc1C. The Morgan fingerprint density at radius 1 is 1.14 bits per heavy atom. The second-order valence-electron chi connectivity index (χ2n) is 5.87. The zero-order valence-corrected chi connectivity index (χ0v) is 15.2. The minimum absolute atomic E-state index is 0.282. The third-order valence-electron chi connectivity index (χ3n) is 3.80. The lowest BCUT2D eigenvalue weighted by Crippen LogP contribution is -2.26. The van der Waals surface area contributed by atoms with Crippen LogP contribution in [0.4, 0.5) is 4.79 Å². The molecule has 1 amide bonds. The summed E-state index contributed by atoms with van der Waals surface area (Å²) in [6, 6.07) is 2.18. The first kappa shape index (κ1) is 19.0. The van der Waals surface area contributed by atoms with E-state index in [-0.39, 0.29) is 6.09 Å². The van der Waals surface area contributed by atoms with Crippen molar-refractivity contribution in [1.29, 1.82) is 0 Å². The van der Waals surface area contributed by atoms with E-state index in [4.69, 9.17) is 4.74 Å². The van der Waals surface area contributed by atoms with Crippen LogP contribution in [0.1, 0.15) is 67.2 Å². The fourth-order valence-corrected chi connectivity index (χ4v) is 3.49. The van der Waals surface area contributed by atoms with Gasteiger partial charge in [-0.25, -0.2) is 4.79 Å². The van der Waals surface area contributed by atoms with E-state index in [1.54, 1.807) is 11.3 Å². The van der Waals surface area contributed by atoms with Crippen LogP contribution < -0.4 is 5.32 Å². The number of aryl methyl sites for hydroxylation is 2. The number of rotatable bonds is 11. The Morgan fingerprint density at radius 3 is 2.45 bits per heavy atom. The van der Waals surface area contributed by atoms with Crippen LogP contribution in [-0.2, 0) is 11.2 Å². The molecule has 1 aromatic rings. The summed E-state index contributed by atoms with van der Waals surface area (Å²) in [6.07, 6.45) is 9.32. The highest BCUT2D eigenvalue weighted by atomic mass is 32.1. The van der Waals surface area contributed by atoms with Crippen LogP contribution in [0.15, 0.2) is 6.07 Å². The van der Waals surface area contributed by atoms with Gasteiger partial charge in [0.2, 0.25) is 0 Å². The molecule has 1 heterocycles. The zero-order valence-electron chi connectivity index (χ0n) is 14.4. The second-order valence-corrected chi connectivity index (χ2v) is 7.33. The maximum absolute atomic E-state index is 11.6. The average Bonchev–Trinajstić information content (AvgIpc) is 2.80. The van der Waals surface area contributed by atoms with Crippen LogP contribution in [-0.4, -0.2) is 19.2 Å². The number of ether oxygens (including phenoxy) is 1. The van der Waals surface area contributed by atoms with Gasteiger partial charge in [0.15, 0.2) is 0 Å². The number of hydrogen-bond donors (Lipinski definition) is 1. The summed E-state index contributed by atoms with van der Waals surface area (Å²) in [4.78, 5) is 14.2. The molecule has 1 rings (SSSR count). The Labute approximate surface area is 139 Å². The van der Waals surface area contributed by atoms with Crippen molar-refractivity contribution in [1.82, 2.24) is 5.32 Å². The molecule has 0 bridgehead atoms. The van der Waals surface area contributed by atoms with Crippen molar-refractivity contribution in [2.45, 2.75) is 72.1 Å². The summed E-state index contributed by atoms with van der Waals surface area (Å²) in [7, 11) is 0. The van der Waals surface area contributed by atoms with E-state index >= 15 is 0 Å². The van der Waals surface area contributed by atoms with E-state index in [2.05, 4.69) is 32.2 Å². The summed E-state index contributed by atoms with van der Waals surface area (Å²) in [5.74, 6) is 0. The molecule has 126 valence electrons. The predicted molar refractivity (Wildman–Crippen MR) is 94.8 cm³/mol. The van der Waals surface area contributed by atoms with Crippen molar-refractivity contribution >= 4 is 17.4 Å². The first-order valence-electron chi connectivity index (χ1n) is 8.60. The van der Waals surface area contributed by atoms with Gasteiger partial charge in [0.25, 0.3) is 0 Å². The molecule has 1 aromatic heterocycles. The molecule has 0 saturated heterocycles. The normalized spacial score (nSPS) is 10.7. The van der Waals surface area contributed by atoms with Crippen molar-refractivity contribution in [3.63, 3.8) is 0 Å². The minimum Gasteiger partial charge on any atom is -0.449 e. The van der Waals surface area contributed by atoms with E-state index in [9.17, 15) is 4.79 Å². The highest BCUT2D eigenvalue weighted by molar-refractivity contribution is 7.12. The third kappa shape index (κ3) is 8.42. The Balaban J connectivity index is 1.96. The highest BCUT2D eigenvalue weighted by Gasteiger charge is 2.05. The molecule has 0 unspecified atom stereocenters. The van der Waals surface area contributed by atoms with Gasteiger partial charge in [-0.15, -0.1) is 11.3 Å². The van der Waals surface area contributed by atoms with Crippen molar-refractivity contribution in [3.8, 4) is 0 Å². The van der Waals surface area contributed by atoms with E-state index in [1.165, 1.54) is 53.8 Å². The first-order valence-corrected chi connectivity index (χ1v) is 9.41. The summed E-state index contributed by atoms with van der Waals surface area (Å²) >= 11 is 1.80. The van der Waals surface area contributed by atoms with Crippen LogP contribution >= 0.6 is 11.3 Å². The fourth-order valence-electron chi connectivity index (χ4n) is 2.51. The van der Waals surface area contributed by atoms with Crippen molar-refractivity contribution in [2.24, 2.45) is 0 Å². The van der Waals surface area contributed by atoms with Crippen molar-refractivity contribution < 1.29 is 9.53 Å². The van der Waals surface area contributed by atoms with Gasteiger partial charge in [0, 0.05) is 22.7 Å². The standard InChI is InChI=1S/C18H31NO2S/c1-4-5-6-7-8-9-10-12-19-18(20)21-13-11-17-14-15(2)22-16(17)3/h14H,4-13H2,1-3H3,(H,19,20). The topological polar surface area (TPSA) is 38.3 Å². The maximum atomic E-state index is 11.6. The van der Waals surface area contributed by atoms with Gasteiger partial charge >= 0.3 is 6.09 Å². The van der Waals surface area contributed by atoms with E-state index in [0.717, 1.165) is 19.4 Å². The fraction of sp³-hybridized carbons (Fsp3) is 0.722. The molecule has 4 heteroatoms. The Morgan fingerprint density at radius 2 is 1.82 bits per heavy atom. The van der Waals surface area contributed by atoms with Gasteiger partial charge in [-0.2, -0.15) is 0 Å². The average molecular weight is 326 g/mol. The molecule has 0 saturated carbocycles. The number of carbonyl (C=O) groups is 1. The van der Waals surface area contributed by atoms with Gasteiger partial charge in [-0.1, -0.05) is 45.4 Å². The molecule has 0 radical (unpaired) electrons. The van der Waals surface area contributed by atoms with Gasteiger partial charge in [-0.3, -0.25) is 0 Å². The molecule has 1 N–H and O–H groups in total. The molecule has 3 nitrogen and oxygen atoms in total. The summed E-state index contributed by atoms with van der Waals surface area (Å²) in [5, 5.41) is 2.83. The molecular formula is C18H31NO2S. The molecule has 22 heavy (non-hydrogen) atoms. The van der Waals surface area contributed by atoms with Crippen LogP contribution in [0, 0.1) is 13.8 Å². The van der Waals surface area contributed by atoms with Gasteiger partial charge < -0.3 is 10.1 Å². The predicted octanol–water partition coefficient (Wildman–Crippen LogP) is 5.38. The monoisotopic (exact) mass is 325 g/mol. The molecule has 0 aliphatic rings. The van der Waals surface area contributed by atoms with Crippen LogP contribution in [0.5, 0.6) is 0 Å². The van der Waals surface area contributed by atoms with E-state index in [1.807, 2.05) is 0 Å². The van der Waals surface area contributed by atoms with Crippen molar-refractivity contribution in [2.75, 3.05) is 13.2 Å². The van der Waals surface area contributed by atoms with E-state index in [0.29, 0.717) is 6.61 Å². The van der Waals surface area contributed by atoms with Gasteiger partial charge in [0.1, 0.15) is 0 Å². The summed E-state index contributed by atoms with van der Waals surface area (Å²) in [5.41, 5.74) is 1.29. The lowest BCUT2D eigenvalue weighted by molar-refractivity contribution is 0.147. The molecule has 0 fully saturated rings. The number of nitrogens with one attached hydrogen (secondary N) is 1. The molecule has 0 spiro atoms. The highest BCUT2D eigenvalue weighted by Crippen LogP contribution is 2.20. The van der Waals surface area contributed by atoms with Gasteiger partial charge in [0.05, 0.1) is 6.61 Å². The molecule has 0 atom stereocenters. The smallest absolute Gasteiger partial charge is 0.407 e. The minimum atomic E-state index is -0.282. The van der Waals surface area contributed by atoms with Crippen LogP contribution in [0.25, 0.3) is 0 Å². The number of hydrogen-bond acceptors (Lipinski definition) is 3. The summed E-state index contributed by atoms with van der Waals surface area (Å²) < 4.78 is 5.22. The Bertz CT molecular complexity index is 429. The molecule has 0 aliphatic carbocycles. The largest absolute Gasteiger partial charge is 0.449 e. The summed E-state index contributed by atoms with van der Waals surface area (Å²) in [6.45, 7) is 7.64. The van der Waals surface area contributed by atoms with Crippen LogP contribution in [0.3, 0.4) is 0 Å². The Hall–Kier alpha value is -1.03. The quantitative estimate of drug-likeness (QED) is 0.554.